The maximum absolute atomic E-state index is 12.4. The maximum atomic E-state index is 12.4. The van der Waals surface area contributed by atoms with Crippen LogP contribution in [0, 0.1) is 0 Å². The van der Waals surface area contributed by atoms with Crippen molar-refractivity contribution in [3.05, 3.63) is 35.9 Å². The van der Waals surface area contributed by atoms with Gasteiger partial charge in [0.05, 0.1) is 18.6 Å². The summed E-state index contributed by atoms with van der Waals surface area (Å²) in [5, 5.41) is 19.9. The number of aliphatic hydroxyl groups excluding tert-OH is 2. The maximum Gasteiger partial charge on any atom is 0.338 e. The molecule has 2 N–H and O–H groups in total. The van der Waals surface area contributed by atoms with Crippen molar-refractivity contribution in [1.29, 1.82) is 0 Å². The zero-order chi connectivity index (χ0) is 20.7. The third-order valence-electron chi connectivity index (χ3n) is 4.23. The van der Waals surface area contributed by atoms with Gasteiger partial charge in [-0.2, -0.15) is 0 Å². The number of carbonyl (C=O) groups excluding carboxylic acids is 3. The predicted octanol–water partition coefficient (Wildman–Crippen LogP) is 0.217. The number of rotatable bonds is 8. The quantitative estimate of drug-likeness (QED) is 0.593. The molecule has 0 amide bonds. The van der Waals surface area contributed by atoms with Gasteiger partial charge >= 0.3 is 11.9 Å². The highest BCUT2D eigenvalue weighted by atomic mass is 16.7. The van der Waals surface area contributed by atoms with Crippen molar-refractivity contribution in [2.24, 2.45) is 0 Å². The van der Waals surface area contributed by atoms with Gasteiger partial charge in [0.1, 0.15) is 18.0 Å². The second kappa shape index (κ2) is 10.3. The van der Waals surface area contributed by atoms with Gasteiger partial charge in [-0.3, -0.25) is 4.79 Å². The van der Waals surface area contributed by atoms with Gasteiger partial charge in [-0.05, 0) is 19.1 Å². The Labute approximate surface area is 162 Å². The molecule has 0 aliphatic carbocycles. The number of esters is 2. The molecule has 1 heterocycles. The van der Waals surface area contributed by atoms with E-state index in [1.165, 1.54) is 26.2 Å². The molecule has 28 heavy (non-hydrogen) atoms. The Morgan fingerprint density at radius 2 is 1.75 bits per heavy atom. The normalized spacial score (nSPS) is 27.1. The third-order valence-corrected chi connectivity index (χ3v) is 4.23. The number of hydrogen-bond donors (Lipinski definition) is 2. The first kappa shape index (κ1) is 22.0. The van der Waals surface area contributed by atoms with Gasteiger partial charge in [-0.25, -0.2) is 4.79 Å². The average molecular weight is 396 g/mol. The van der Waals surface area contributed by atoms with E-state index in [4.69, 9.17) is 18.9 Å². The summed E-state index contributed by atoms with van der Waals surface area (Å²) in [5.74, 6) is -1.68. The van der Waals surface area contributed by atoms with Crippen LogP contribution in [0.3, 0.4) is 0 Å². The van der Waals surface area contributed by atoms with Crippen LogP contribution in [0.5, 0.6) is 0 Å². The van der Waals surface area contributed by atoms with Crippen molar-refractivity contribution in [3.8, 4) is 0 Å². The standard InChI is InChI=1S/C19H24O9/c1-11(21)8-9-14(22)27-16-15(23)13(10-20)26-19(25-2)17(16)28-18(24)12-6-4-3-5-7-12/h3-7,13,15-17,19-20,23H,8-10H2,1-2H3/t13-,15-,16-,17-,19+/m1/s1. The minimum absolute atomic E-state index is 0.0241. The van der Waals surface area contributed by atoms with Crippen molar-refractivity contribution >= 4 is 17.7 Å². The van der Waals surface area contributed by atoms with Crippen molar-refractivity contribution in [2.45, 2.75) is 50.5 Å². The van der Waals surface area contributed by atoms with Crippen molar-refractivity contribution in [3.63, 3.8) is 0 Å². The van der Waals surface area contributed by atoms with Gasteiger partial charge in [-0.1, -0.05) is 18.2 Å². The SMILES string of the molecule is CO[C@H]1O[C@H](CO)[C@@H](O)[C@@H](OC(=O)CCC(C)=O)[C@H]1OC(=O)c1ccccc1. The highest BCUT2D eigenvalue weighted by Crippen LogP contribution is 2.27. The predicted molar refractivity (Wildman–Crippen MR) is 94.2 cm³/mol. The lowest BCUT2D eigenvalue weighted by atomic mass is 9.98. The Hall–Kier alpha value is -2.33. The van der Waals surface area contributed by atoms with Gasteiger partial charge in [0, 0.05) is 13.5 Å². The lowest BCUT2D eigenvalue weighted by Crippen LogP contribution is -2.61. The molecule has 0 bridgehead atoms. The smallest absolute Gasteiger partial charge is 0.338 e. The number of hydrogen-bond acceptors (Lipinski definition) is 9. The molecule has 1 aromatic rings. The third kappa shape index (κ3) is 5.59. The Kier molecular flexibility index (Phi) is 8.06. The van der Waals surface area contributed by atoms with E-state index in [0.29, 0.717) is 0 Å². The molecule has 1 aromatic carbocycles. The molecular weight excluding hydrogens is 372 g/mol. The number of ketones is 1. The number of Topliss-reactive ketones (excluding diaryl/α,β-unsaturated/α-hetero) is 1. The lowest BCUT2D eigenvalue weighted by molar-refractivity contribution is -0.296. The minimum Gasteiger partial charge on any atom is -0.455 e. The van der Waals surface area contributed by atoms with Gasteiger partial charge in [-0.15, -0.1) is 0 Å². The minimum atomic E-state index is -1.47. The van der Waals surface area contributed by atoms with Crippen LogP contribution in [0.15, 0.2) is 30.3 Å². The molecule has 9 nitrogen and oxygen atoms in total. The summed E-state index contributed by atoms with van der Waals surface area (Å²) >= 11 is 0. The average Bonchev–Trinajstić information content (AvgIpc) is 2.69. The molecule has 1 saturated heterocycles. The fourth-order valence-electron chi connectivity index (χ4n) is 2.75. The summed E-state index contributed by atoms with van der Waals surface area (Å²) in [6, 6.07) is 8.10. The summed E-state index contributed by atoms with van der Waals surface area (Å²) in [6.45, 7) is 0.769. The van der Waals surface area contributed by atoms with Crippen LogP contribution in [0.4, 0.5) is 0 Å². The molecule has 1 fully saturated rings. The van der Waals surface area contributed by atoms with E-state index in [2.05, 4.69) is 0 Å². The van der Waals surface area contributed by atoms with Crippen molar-refractivity contribution in [2.75, 3.05) is 13.7 Å². The van der Waals surface area contributed by atoms with Crippen LogP contribution in [-0.2, 0) is 28.5 Å². The molecule has 0 unspecified atom stereocenters. The molecule has 0 radical (unpaired) electrons. The summed E-state index contributed by atoms with van der Waals surface area (Å²) in [7, 11) is 1.29. The van der Waals surface area contributed by atoms with Crippen LogP contribution < -0.4 is 0 Å². The molecular formula is C19H24O9. The van der Waals surface area contributed by atoms with E-state index < -0.39 is 49.3 Å². The van der Waals surface area contributed by atoms with Gasteiger partial charge < -0.3 is 34.0 Å². The second-order valence-electron chi connectivity index (χ2n) is 6.34. The zero-order valence-electron chi connectivity index (χ0n) is 15.6. The van der Waals surface area contributed by atoms with E-state index in [1.54, 1.807) is 18.2 Å². The van der Waals surface area contributed by atoms with E-state index in [1.807, 2.05) is 0 Å². The highest BCUT2D eigenvalue weighted by Gasteiger charge is 2.50. The molecule has 9 heteroatoms. The molecule has 5 atom stereocenters. The fraction of sp³-hybridized carbons (Fsp3) is 0.526. The van der Waals surface area contributed by atoms with Gasteiger partial charge in [0.15, 0.2) is 18.5 Å². The van der Waals surface area contributed by atoms with Gasteiger partial charge in [0.2, 0.25) is 0 Å². The lowest BCUT2D eigenvalue weighted by Gasteiger charge is -2.42. The number of aliphatic hydroxyl groups is 2. The monoisotopic (exact) mass is 396 g/mol. The van der Waals surface area contributed by atoms with Crippen LogP contribution in [0.25, 0.3) is 0 Å². The first-order valence-corrected chi connectivity index (χ1v) is 8.79. The van der Waals surface area contributed by atoms with E-state index in [9.17, 15) is 24.6 Å². The Bertz CT molecular complexity index is 675. The van der Waals surface area contributed by atoms with Crippen LogP contribution in [0.1, 0.15) is 30.1 Å². The fourth-order valence-corrected chi connectivity index (χ4v) is 2.75. The number of methoxy groups -OCH3 is 1. The molecule has 154 valence electrons. The first-order chi connectivity index (χ1) is 13.4. The summed E-state index contributed by atoms with van der Waals surface area (Å²) < 4.78 is 21.3. The largest absolute Gasteiger partial charge is 0.455 e. The molecule has 0 spiro atoms. The molecule has 1 aliphatic rings. The van der Waals surface area contributed by atoms with Gasteiger partial charge in [0.25, 0.3) is 0 Å². The first-order valence-electron chi connectivity index (χ1n) is 8.79. The Morgan fingerprint density at radius 3 is 2.32 bits per heavy atom. The number of benzene rings is 1. The summed E-state index contributed by atoms with van der Waals surface area (Å²) in [5.41, 5.74) is 0.248. The molecule has 0 aromatic heterocycles. The van der Waals surface area contributed by atoms with Crippen molar-refractivity contribution in [1.82, 2.24) is 0 Å². The molecule has 0 saturated carbocycles. The van der Waals surface area contributed by atoms with E-state index in [-0.39, 0.29) is 24.2 Å². The van der Waals surface area contributed by atoms with Crippen LogP contribution in [0.2, 0.25) is 0 Å². The zero-order valence-corrected chi connectivity index (χ0v) is 15.6. The van der Waals surface area contributed by atoms with Crippen LogP contribution >= 0.6 is 0 Å². The molecule has 2 rings (SSSR count). The number of ether oxygens (including phenoxy) is 4. The van der Waals surface area contributed by atoms with E-state index in [0.717, 1.165) is 0 Å². The molecule has 1 aliphatic heterocycles. The highest BCUT2D eigenvalue weighted by molar-refractivity contribution is 5.89. The Balaban J connectivity index is 2.20. The Morgan fingerprint density at radius 1 is 1.07 bits per heavy atom. The van der Waals surface area contributed by atoms with E-state index >= 15 is 0 Å². The van der Waals surface area contributed by atoms with Crippen LogP contribution in [-0.4, -0.2) is 72.4 Å². The number of carbonyl (C=O) groups is 3. The van der Waals surface area contributed by atoms with Crippen molar-refractivity contribution < 1.29 is 43.5 Å². The second-order valence-corrected chi connectivity index (χ2v) is 6.34. The summed E-state index contributed by atoms with van der Waals surface area (Å²) in [4.78, 5) is 35.6. The topological polar surface area (TPSA) is 129 Å². The summed E-state index contributed by atoms with van der Waals surface area (Å²) in [6.07, 6.45) is -6.60.